The van der Waals surface area contributed by atoms with Gasteiger partial charge in [-0.05, 0) is 31.0 Å². The van der Waals surface area contributed by atoms with Gasteiger partial charge in [-0.3, -0.25) is 9.36 Å². The van der Waals surface area contributed by atoms with Gasteiger partial charge < -0.3 is 4.98 Å². The van der Waals surface area contributed by atoms with E-state index < -0.39 is 32.9 Å². The molecule has 1 N–H and O–H groups in total. The summed E-state index contributed by atoms with van der Waals surface area (Å²) in [5, 5.41) is 0.212. The van der Waals surface area contributed by atoms with Crippen molar-refractivity contribution < 1.29 is 12.8 Å². The molecule has 6 nitrogen and oxygen atoms in total. The first-order chi connectivity index (χ1) is 9.87. The number of nitrogens with zero attached hydrogens (tertiary/aromatic N) is 1. The van der Waals surface area contributed by atoms with E-state index in [1.54, 1.807) is 0 Å². The maximum absolute atomic E-state index is 13.1. The van der Waals surface area contributed by atoms with Crippen LogP contribution in [0.1, 0.15) is 18.9 Å². The molecule has 1 aliphatic heterocycles. The predicted octanol–water partition coefficient (Wildman–Crippen LogP) is 0.579. The number of hydrogen-bond donors (Lipinski definition) is 1. The van der Waals surface area contributed by atoms with E-state index in [1.807, 2.05) is 0 Å². The Morgan fingerprint density at radius 3 is 2.52 bits per heavy atom. The molecule has 1 aliphatic rings. The van der Waals surface area contributed by atoms with Crippen LogP contribution in [0.25, 0.3) is 10.9 Å². The van der Waals surface area contributed by atoms with Crippen LogP contribution in [0.3, 0.4) is 0 Å². The summed E-state index contributed by atoms with van der Waals surface area (Å²) in [6, 6.07) is 3.11. The fourth-order valence-electron chi connectivity index (χ4n) is 2.67. The second kappa shape index (κ2) is 4.80. The molecule has 1 aromatic carbocycles. The van der Waals surface area contributed by atoms with Crippen molar-refractivity contribution in [1.82, 2.24) is 9.55 Å². The maximum Gasteiger partial charge on any atom is 0.329 e. The number of aromatic amines is 1. The van der Waals surface area contributed by atoms with E-state index in [0.717, 1.165) is 16.7 Å². The van der Waals surface area contributed by atoms with E-state index in [4.69, 9.17) is 0 Å². The van der Waals surface area contributed by atoms with Gasteiger partial charge in [-0.1, -0.05) is 0 Å². The molecule has 0 aliphatic carbocycles. The summed E-state index contributed by atoms with van der Waals surface area (Å²) in [5.74, 6) is -0.616. The maximum atomic E-state index is 13.1. The largest absolute Gasteiger partial charge is 0.329 e. The zero-order valence-electron chi connectivity index (χ0n) is 11.0. The van der Waals surface area contributed by atoms with Gasteiger partial charge >= 0.3 is 5.69 Å². The summed E-state index contributed by atoms with van der Waals surface area (Å²) >= 11 is 0. The summed E-state index contributed by atoms with van der Waals surface area (Å²) in [6.45, 7) is 0. The lowest BCUT2D eigenvalue weighted by atomic mass is 10.1. The van der Waals surface area contributed by atoms with Crippen molar-refractivity contribution >= 4 is 20.7 Å². The molecule has 0 saturated carbocycles. The van der Waals surface area contributed by atoms with Crippen molar-refractivity contribution in [2.45, 2.75) is 18.9 Å². The lowest BCUT2D eigenvalue weighted by Crippen LogP contribution is -2.41. The lowest BCUT2D eigenvalue weighted by Gasteiger charge is -2.23. The molecule has 112 valence electrons. The smallest absolute Gasteiger partial charge is 0.307 e. The highest BCUT2D eigenvalue weighted by molar-refractivity contribution is 7.91. The van der Waals surface area contributed by atoms with E-state index in [0.29, 0.717) is 0 Å². The minimum absolute atomic E-state index is 0.0367. The summed E-state index contributed by atoms with van der Waals surface area (Å²) in [7, 11) is -3.07. The average molecular weight is 312 g/mol. The monoisotopic (exact) mass is 312 g/mol. The van der Waals surface area contributed by atoms with Gasteiger partial charge in [-0.2, -0.15) is 0 Å². The number of aromatic nitrogens is 2. The summed E-state index contributed by atoms with van der Waals surface area (Å²) in [5.41, 5.74) is -1.01. The van der Waals surface area contributed by atoms with Gasteiger partial charge in [-0.25, -0.2) is 17.6 Å². The Morgan fingerprint density at radius 2 is 1.86 bits per heavy atom. The minimum Gasteiger partial charge on any atom is -0.307 e. The first-order valence-corrected chi connectivity index (χ1v) is 8.34. The van der Waals surface area contributed by atoms with Crippen LogP contribution >= 0.6 is 0 Å². The Morgan fingerprint density at radius 1 is 1.19 bits per heavy atom. The Bertz CT molecular complexity index is 915. The highest BCUT2D eigenvalue weighted by Gasteiger charge is 2.27. The lowest BCUT2D eigenvalue weighted by molar-refractivity contribution is 0.425. The third kappa shape index (κ3) is 2.51. The molecule has 1 saturated heterocycles. The average Bonchev–Trinajstić information content (AvgIpc) is 2.40. The Kier molecular flexibility index (Phi) is 3.20. The molecule has 8 heteroatoms. The van der Waals surface area contributed by atoms with Crippen LogP contribution in [-0.4, -0.2) is 29.5 Å². The van der Waals surface area contributed by atoms with Crippen molar-refractivity contribution in [3.63, 3.8) is 0 Å². The Labute approximate surface area is 119 Å². The standard InChI is InChI=1S/C13H13FN2O4S/c14-8-1-2-10-11(7-8)15-13(18)16(12(10)17)9-3-5-21(19,20)6-4-9/h1-2,7,9H,3-6H2,(H,15,18). The van der Waals surface area contributed by atoms with Crippen molar-refractivity contribution in [2.75, 3.05) is 11.5 Å². The Hall–Kier alpha value is -1.96. The third-order valence-electron chi connectivity index (χ3n) is 3.78. The Balaban J connectivity index is 2.14. The van der Waals surface area contributed by atoms with Crippen LogP contribution < -0.4 is 11.2 Å². The van der Waals surface area contributed by atoms with E-state index in [1.165, 1.54) is 6.07 Å². The number of nitrogens with one attached hydrogen (secondary N) is 1. The zero-order chi connectivity index (χ0) is 15.2. The summed E-state index contributed by atoms with van der Waals surface area (Å²) in [6.07, 6.45) is 0.468. The molecule has 0 unspecified atom stereocenters. The zero-order valence-corrected chi connectivity index (χ0v) is 11.8. The topological polar surface area (TPSA) is 89.0 Å². The van der Waals surface area contributed by atoms with Crippen LogP contribution in [0.15, 0.2) is 27.8 Å². The molecular weight excluding hydrogens is 299 g/mol. The fourth-order valence-corrected chi connectivity index (χ4v) is 4.14. The number of rotatable bonds is 1. The van der Waals surface area contributed by atoms with Gasteiger partial charge in [0.15, 0.2) is 0 Å². The summed E-state index contributed by atoms with van der Waals surface area (Å²) in [4.78, 5) is 26.9. The summed E-state index contributed by atoms with van der Waals surface area (Å²) < 4.78 is 37.1. The van der Waals surface area contributed by atoms with E-state index >= 15 is 0 Å². The number of H-pyrrole nitrogens is 1. The molecule has 0 bridgehead atoms. The van der Waals surface area contributed by atoms with E-state index in [-0.39, 0.29) is 35.3 Å². The molecule has 0 amide bonds. The quantitative estimate of drug-likeness (QED) is 0.834. The van der Waals surface area contributed by atoms with Crippen LogP contribution in [0.2, 0.25) is 0 Å². The van der Waals surface area contributed by atoms with Crippen LogP contribution in [0.5, 0.6) is 0 Å². The van der Waals surface area contributed by atoms with Crippen LogP contribution in [-0.2, 0) is 9.84 Å². The number of fused-ring (bicyclic) bond motifs is 1. The van der Waals surface area contributed by atoms with Gasteiger partial charge in [0, 0.05) is 6.04 Å². The molecule has 1 aromatic heterocycles. The minimum atomic E-state index is -3.07. The third-order valence-corrected chi connectivity index (χ3v) is 5.50. The van der Waals surface area contributed by atoms with Crippen molar-refractivity contribution in [2.24, 2.45) is 0 Å². The second-order valence-corrected chi connectivity index (χ2v) is 7.48. The van der Waals surface area contributed by atoms with Crippen molar-refractivity contribution in [3.05, 3.63) is 44.9 Å². The number of sulfone groups is 1. The van der Waals surface area contributed by atoms with Gasteiger partial charge in [0.25, 0.3) is 5.56 Å². The second-order valence-electron chi connectivity index (χ2n) is 5.18. The van der Waals surface area contributed by atoms with Crippen molar-refractivity contribution in [1.29, 1.82) is 0 Å². The number of hydrogen-bond acceptors (Lipinski definition) is 4. The molecule has 21 heavy (non-hydrogen) atoms. The van der Waals surface area contributed by atoms with Gasteiger partial charge in [-0.15, -0.1) is 0 Å². The number of halogens is 1. The van der Waals surface area contributed by atoms with Crippen molar-refractivity contribution in [3.8, 4) is 0 Å². The van der Waals surface area contributed by atoms with E-state index in [9.17, 15) is 22.4 Å². The van der Waals surface area contributed by atoms with Gasteiger partial charge in [0.2, 0.25) is 0 Å². The van der Waals surface area contributed by atoms with Crippen LogP contribution in [0.4, 0.5) is 4.39 Å². The first kappa shape index (κ1) is 14.0. The highest BCUT2D eigenvalue weighted by Crippen LogP contribution is 2.21. The van der Waals surface area contributed by atoms with Gasteiger partial charge in [0.1, 0.15) is 15.7 Å². The molecule has 3 rings (SSSR count). The fraction of sp³-hybridized carbons (Fsp3) is 0.385. The first-order valence-electron chi connectivity index (χ1n) is 6.52. The molecule has 0 atom stereocenters. The predicted molar refractivity (Wildman–Crippen MR) is 75.7 cm³/mol. The normalized spacial score (nSPS) is 18.9. The molecule has 0 radical (unpaired) electrons. The molecule has 0 spiro atoms. The SMILES string of the molecule is O=c1[nH]c2cc(F)ccc2c(=O)n1C1CCS(=O)(=O)CC1. The highest BCUT2D eigenvalue weighted by atomic mass is 32.2. The molecular formula is C13H13FN2O4S. The van der Waals surface area contributed by atoms with Gasteiger partial charge in [0.05, 0.1) is 22.4 Å². The molecule has 2 heterocycles. The van der Waals surface area contributed by atoms with Crippen LogP contribution in [0, 0.1) is 5.82 Å². The molecule has 2 aromatic rings. The molecule has 1 fully saturated rings. The van der Waals surface area contributed by atoms with E-state index in [2.05, 4.69) is 4.98 Å². The number of benzene rings is 1.